The second kappa shape index (κ2) is 8.40. The van der Waals surface area contributed by atoms with Gasteiger partial charge in [-0.2, -0.15) is 5.26 Å². The molecule has 150 valence electrons. The second-order valence-corrected chi connectivity index (χ2v) is 8.19. The summed E-state index contributed by atoms with van der Waals surface area (Å²) in [6.07, 6.45) is 5.90. The first-order valence-electron chi connectivity index (χ1n) is 9.93. The molecule has 1 unspecified atom stereocenters. The molecule has 6 nitrogen and oxygen atoms in total. The Bertz CT molecular complexity index is 798. The third-order valence-electron chi connectivity index (χ3n) is 5.93. The Labute approximate surface area is 171 Å². The molecule has 1 aromatic rings. The number of halogens is 1. The van der Waals surface area contributed by atoms with Gasteiger partial charge in [-0.3, -0.25) is 9.59 Å². The van der Waals surface area contributed by atoms with Gasteiger partial charge in [0.1, 0.15) is 11.6 Å². The van der Waals surface area contributed by atoms with E-state index in [4.69, 9.17) is 11.6 Å². The van der Waals surface area contributed by atoms with Gasteiger partial charge in [0.25, 0.3) is 0 Å². The number of carbonyl (C=O) groups is 2. The van der Waals surface area contributed by atoms with Crippen molar-refractivity contribution in [3.05, 3.63) is 23.2 Å². The van der Waals surface area contributed by atoms with E-state index in [1.807, 2.05) is 12.1 Å². The lowest BCUT2D eigenvalue weighted by atomic mass is 9.81. The maximum Gasteiger partial charge on any atom is 0.245 e. The van der Waals surface area contributed by atoms with Crippen molar-refractivity contribution in [2.24, 2.45) is 0 Å². The van der Waals surface area contributed by atoms with Gasteiger partial charge in [0, 0.05) is 25.7 Å². The van der Waals surface area contributed by atoms with E-state index in [1.165, 1.54) is 0 Å². The number of nitriles is 1. The summed E-state index contributed by atoms with van der Waals surface area (Å²) in [4.78, 5) is 28.2. The van der Waals surface area contributed by atoms with Gasteiger partial charge in [-0.15, -0.1) is 0 Å². The zero-order valence-electron chi connectivity index (χ0n) is 16.5. The minimum Gasteiger partial charge on any atom is -0.374 e. The minimum absolute atomic E-state index is 0.0852. The molecule has 1 saturated carbocycles. The highest BCUT2D eigenvalue weighted by molar-refractivity contribution is 6.34. The van der Waals surface area contributed by atoms with Crippen molar-refractivity contribution in [1.82, 2.24) is 4.90 Å². The number of anilines is 2. The lowest BCUT2D eigenvalue weighted by molar-refractivity contribution is -0.135. The fourth-order valence-electron chi connectivity index (χ4n) is 4.19. The molecule has 2 amide bonds. The normalized spacial score (nSPS) is 19.8. The monoisotopic (exact) mass is 402 g/mol. The first kappa shape index (κ1) is 20.5. The molecule has 1 saturated heterocycles. The molecule has 0 spiro atoms. The van der Waals surface area contributed by atoms with E-state index in [0.29, 0.717) is 29.4 Å². The molecule has 1 heterocycles. The van der Waals surface area contributed by atoms with Crippen molar-refractivity contribution in [1.29, 1.82) is 5.26 Å². The van der Waals surface area contributed by atoms with Crippen LogP contribution in [0.3, 0.4) is 0 Å². The van der Waals surface area contributed by atoms with E-state index < -0.39 is 11.6 Å². The van der Waals surface area contributed by atoms with Gasteiger partial charge in [0.15, 0.2) is 0 Å². The average molecular weight is 403 g/mol. The Morgan fingerprint density at radius 2 is 2.04 bits per heavy atom. The molecule has 0 bridgehead atoms. The molecule has 1 N–H and O–H groups in total. The standard InChI is InChI=1S/C21H27ClN4O2/c1-15(20(28)25(2)21(14-23)10-4-3-5-11-21)24-16-8-9-18(17(22)13-16)26-12-6-7-19(26)27/h8-9,13,15,24H,3-7,10-12H2,1-2H3. The number of hydrogen-bond donors (Lipinski definition) is 1. The Hall–Kier alpha value is -2.26. The molecular formula is C21H27ClN4O2. The van der Waals surface area contributed by atoms with Crippen LogP contribution in [0.4, 0.5) is 11.4 Å². The Balaban J connectivity index is 1.69. The van der Waals surface area contributed by atoms with E-state index in [0.717, 1.165) is 38.5 Å². The summed E-state index contributed by atoms with van der Waals surface area (Å²) in [6.45, 7) is 2.47. The van der Waals surface area contributed by atoms with Gasteiger partial charge in [-0.05, 0) is 44.4 Å². The first-order valence-corrected chi connectivity index (χ1v) is 10.3. The maximum atomic E-state index is 12.9. The molecule has 1 aliphatic heterocycles. The molecule has 1 aromatic carbocycles. The summed E-state index contributed by atoms with van der Waals surface area (Å²) in [6, 6.07) is 7.28. The highest BCUT2D eigenvalue weighted by atomic mass is 35.5. The number of carbonyl (C=O) groups excluding carboxylic acids is 2. The molecule has 28 heavy (non-hydrogen) atoms. The lowest BCUT2D eigenvalue weighted by Crippen LogP contribution is -2.53. The summed E-state index contributed by atoms with van der Waals surface area (Å²) in [5, 5.41) is 13.4. The van der Waals surface area contributed by atoms with Gasteiger partial charge < -0.3 is 15.1 Å². The van der Waals surface area contributed by atoms with Crippen LogP contribution in [0.5, 0.6) is 0 Å². The zero-order chi connectivity index (χ0) is 20.3. The van der Waals surface area contributed by atoms with E-state index in [9.17, 15) is 14.9 Å². The largest absolute Gasteiger partial charge is 0.374 e. The number of nitrogens with one attached hydrogen (secondary N) is 1. The van der Waals surface area contributed by atoms with Crippen LogP contribution in [-0.2, 0) is 9.59 Å². The molecule has 1 atom stereocenters. The Morgan fingerprint density at radius 3 is 2.61 bits per heavy atom. The van der Waals surface area contributed by atoms with E-state index in [2.05, 4.69) is 11.4 Å². The minimum atomic E-state index is -0.705. The van der Waals surface area contributed by atoms with Crippen molar-refractivity contribution >= 4 is 34.8 Å². The Morgan fingerprint density at radius 1 is 1.32 bits per heavy atom. The summed E-state index contributed by atoms with van der Waals surface area (Å²) in [5.74, 6) is -0.0274. The number of hydrogen-bond acceptors (Lipinski definition) is 4. The van der Waals surface area contributed by atoms with E-state index in [1.54, 1.807) is 29.8 Å². The molecular weight excluding hydrogens is 376 g/mol. The van der Waals surface area contributed by atoms with E-state index in [-0.39, 0.29) is 11.8 Å². The van der Waals surface area contributed by atoms with Crippen LogP contribution in [0.2, 0.25) is 5.02 Å². The fourth-order valence-corrected chi connectivity index (χ4v) is 4.47. The van der Waals surface area contributed by atoms with Crippen LogP contribution in [-0.4, -0.2) is 41.9 Å². The quantitative estimate of drug-likeness (QED) is 0.808. The van der Waals surface area contributed by atoms with Crippen LogP contribution in [0.15, 0.2) is 18.2 Å². The van der Waals surface area contributed by atoms with E-state index >= 15 is 0 Å². The molecule has 0 radical (unpaired) electrons. The van der Waals surface area contributed by atoms with Gasteiger partial charge in [-0.25, -0.2) is 0 Å². The van der Waals surface area contributed by atoms with Gasteiger partial charge in [0.05, 0.1) is 16.8 Å². The van der Waals surface area contributed by atoms with Crippen LogP contribution in [0, 0.1) is 11.3 Å². The lowest BCUT2D eigenvalue weighted by Gasteiger charge is -2.40. The topological polar surface area (TPSA) is 76.4 Å². The maximum absolute atomic E-state index is 12.9. The van der Waals surface area contributed by atoms with Crippen LogP contribution in [0.25, 0.3) is 0 Å². The zero-order valence-corrected chi connectivity index (χ0v) is 17.3. The Kier molecular flexibility index (Phi) is 6.14. The average Bonchev–Trinajstić information content (AvgIpc) is 3.13. The third kappa shape index (κ3) is 3.95. The highest BCUT2D eigenvalue weighted by Crippen LogP contribution is 2.34. The third-order valence-corrected chi connectivity index (χ3v) is 6.23. The predicted molar refractivity (Wildman–Crippen MR) is 110 cm³/mol. The van der Waals surface area contributed by atoms with Crippen LogP contribution < -0.4 is 10.2 Å². The molecule has 7 heteroatoms. The van der Waals surface area contributed by atoms with Crippen molar-refractivity contribution < 1.29 is 9.59 Å². The fraction of sp³-hybridized carbons (Fsp3) is 0.571. The van der Waals surface area contributed by atoms with Crippen LogP contribution >= 0.6 is 11.6 Å². The van der Waals surface area contributed by atoms with Gasteiger partial charge in [0.2, 0.25) is 11.8 Å². The van der Waals surface area contributed by atoms with Crippen molar-refractivity contribution in [3.8, 4) is 6.07 Å². The summed E-state index contributed by atoms with van der Waals surface area (Å²) in [5.41, 5.74) is 0.712. The summed E-state index contributed by atoms with van der Waals surface area (Å²) in [7, 11) is 1.73. The number of likely N-dealkylation sites (N-methyl/N-ethyl adjacent to an activating group) is 1. The smallest absolute Gasteiger partial charge is 0.245 e. The van der Waals surface area contributed by atoms with Crippen molar-refractivity contribution in [2.75, 3.05) is 23.8 Å². The first-order chi connectivity index (χ1) is 13.4. The molecule has 2 fully saturated rings. The number of rotatable bonds is 5. The van der Waals surface area contributed by atoms with Crippen molar-refractivity contribution in [3.63, 3.8) is 0 Å². The summed E-state index contributed by atoms with van der Waals surface area (Å²) < 4.78 is 0. The molecule has 0 aromatic heterocycles. The summed E-state index contributed by atoms with van der Waals surface area (Å²) >= 11 is 6.39. The molecule has 2 aliphatic rings. The number of benzene rings is 1. The van der Waals surface area contributed by atoms with Crippen LogP contribution in [0.1, 0.15) is 51.9 Å². The number of nitrogens with zero attached hydrogens (tertiary/aromatic N) is 3. The SMILES string of the molecule is CC(Nc1ccc(N2CCCC2=O)c(Cl)c1)C(=O)N(C)C1(C#N)CCCCC1. The van der Waals surface area contributed by atoms with Crippen molar-refractivity contribution in [2.45, 2.75) is 63.5 Å². The number of amides is 2. The highest BCUT2D eigenvalue weighted by Gasteiger charge is 2.40. The molecule has 1 aliphatic carbocycles. The molecule has 3 rings (SSSR count). The predicted octanol–water partition coefficient (Wildman–Crippen LogP) is 3.95. The second-order valence-electron chi connectivity index (χ2n) is 7.78. The van der Waals surface area contributed by atoms with Gasteiger partial charge >= 0.3 is 0 Å². The van der Waals surface area contributed by atoms with Gasteiger partial charge in [-0.1, -0.05) is 30.9 Å².